The molecule has 198 valence electrons. The minimum atomic E-state index is -1.44. The third-order valence-corrected chi connectivity index (χ3v) is 7.84. The van der Waals surface area contributed by atoms with Crippen LogP contribution in [0.5, 0.6) is 0 Å². The van der Waals surface area contributed by atoms with Gasteiger partial charge in [0.25, 0.3) is 0 Å². The van der Waals surface area contributed by atoms with Gasteiger partial charge in [-0.15, -0.1) is 4.52 Å². The van der Waals surface area contributed by atoms with Crippen molar-refractivity contribution in [2.45, 2.75) is 148 Å². The molecule has 0 saturated heterocycles. The van der Waals surface area contributed by atoms with Crippen molar-refractivity contribution in [2.24, 2.45) is 0 Å². The Bertz CT molecular complexity index is 409. The number of hydrogen-bond acceptors (Lipinski definition) is 2. The molecule has 4 heteroatoms. The molecule has 0 aromatic heterocycles. The van der Waals surface area contributed by atoms with Crippen LogP contribution in [0.15, 0.2) is 0 Å². The molecule has 0 heterocycles. The molecule has 0 amide bonds. The van der Waals surface area contributed by atoms with Crippen LogP contribution in [0.1, 0.15) is 148 Å². The predicted octanol–water partition coefficient (Wildman–Crippen LogP) is 10.1. The summed E-state index contributed by atoms with van der Waals surface area (Å²) in [6.45, 7) is 3.82. The van der Waals surface area contributed by atoms with Crippen molar-refractivity contribution >= 4 is 8.03 Å². The average molecular weight is 488 g/mol. The van der Waals surface area contributed by atoms with Crippen LogP contribution < -0.4 is 0 Å². The average Bonchev–Trinajstić information content (AvgIpc) is 2.76. The van der Waals surface area contributed by atoms with Crippen molar-refractivity contribution < 1.29 is 13.6 Å². The van der Waals surface area contributed by atoms with E-state index in [-0.39, 0.29) is 0 Å². The molecule has 0 saturated carbocycles. The van der Waals surface area contributed by atoms with E-state index in [1.54, 1.807) is 0 Å². The maximum absolute atomic E-state index is 11.9. The van der Waals surface area contributed by atoms with Gasteiger partial charge >= 0.3 is 8.03 Å². The largest absolute Gasteiger partial charge is 0.508 e. The zero-order valence-corrected chi connectivity index (χ0v) is 24.3. The van der Waals surface area contributed by atoms with Gasteiger partial charge in [0.05, 0.1) is 21.1 Å². The Balaban J connectivity index is 3.12. The molecule has 0 spiro atoms. The van der Waals surface area contributed by atoms with Crippen molar-refractivity contribution in [3.8, 4) is 0 Å². The second kappa shape index (κ2) is 25.1. The lowest BCUT2D eigenvalue weighted by molar-refractivity contribution is -0.870. The lowest BCUT2D eigenvalue weighted by Gasteiger charge is -2.21. The Morgan fingerprint density at radius 3 is 1.12 bits per heavy atom. The predicted molar refractivity (Wildman–Crippen MR) is 149 cm³/mol. The molecule has 1 unspecified atom stereocenters. The summed E-state index contributed by atoms with van der Waals surface area (Å²) in [7, 11) is 4.97. The van der Waals surface area contributed by atoms with Gasteiger partial charge in [0, 0.05) is 0 Å². The number of hydrogen-bond donors (Lipinski definition) is 0. The normalized spacial score (nSPS) is 12.4. The van der Waals surface area contributed by atoms with Gasteiger partial charge in [-0.1, -0.05) is 135 Å². The molecule has 0 aromatic rings. The molecule has 0 bridgehead atoms. The summed E-state index contributed by atoms with van der Waals surface area (Å²) in [6, 6.07) is 0. The zero-order valence-electron chi connectivity index (χ0n) is 23.4. The van der Waals surface area contributed by atoms with E-state index >= 15 is 0 Å². The van der Waals surface area contributed by atoms with E-state index in [9.17, 15) is 4.57 Å². The summed E-state index contributed by atoms with van der Waals surface area (Å²) < 4.78 is 18.2. The molecule has 0 radical (unpaired) electrons. The van der Waals surface area contributed by atoms with Gasteiger partial charge in [-0.05, 0) is 17.4 Å². The van der Waals surface area contributed by atoms with E-state index in [1.807, 2.05) is 0 Å². The second-order valence-electron chi connectivity index (χ2n) is 11.3. The molecule has 0 fully saturated rings. The van der Waals surface area contributed by atoms with Gasteiger partial charge in [-0.3, -0.25) is 0 Å². The van der Waals surface area contributed by atoms with E-state index < -0.39 is 8.03 Å². The van der Waals surface area contributed by atoms with Crippen LogP contribution in [0.25, 0.3) is 0 Å². The van der Waals surface area contributed by atoms with E-state index in [4.69, 9.17) is 4.52 Å². The lowest BCUT2D eigenvalue weighted by atomic mass is 10.0. The highest BCUT2D eigenvalue weighted by atomic mass is 31.1. The molecule has 0 aromatic carbocycles. The highest BCUT2D eigenvalue weighted by molar-refractivity contribution is 7.39. The fourth-order valence-electron chi connectivity index (χ4n) is 4.33. The van der Waals surface area contributed by atoms with E-state index in [2.05, 4.69) is 28.1 Å². The lowest BCUT2D eigenvalue weighted by Crippen LogP contribution is -2.37. The Morgan fingerprint density at radius 2 is 0.818 bits per heavy atom. The molecule has 1 atom stereocenters. The van der Waals surface area contributed by atoms with E-state index in [0.29, 0.717) is 6.61 Å². The summed E-state index contributed by atoms with van der Waals surface area (Å²) >= 11 is 0. The molecule has 33 heavy (non-hydrogen) atoms. The Kier molecular flexibility index (Phi) is 25.1. The molecule has 0 aliphatic heterocycles. The molecule has 3 nitrogen and oxygen atoms in total. The first kappa shape index (κ1) is 33.0. The molecule has 0 N–H and O–H groups in total. The van der Waals surface area contributed by atoms with Crippen LogP contribution in [0.4, 0.5) is 0 Å². The van der Waals surface area contributed by atoms with Gasteiger partial charge in [-0.2, -0.15) is 0 Å². The van der Waals surface area contributed by atoms with Crippen LogP contribution in [-0.4, -0.2) is 44.9 Å². The smallest absolute Gasteiger partial charge is 0.329 e. The van der Waals surface area contributed by atoms with Gasteiger partial charge in [0.2, 0.25) is 0 Å². The third-order valence-electron chi connectivity index (χ3n) is 6.69. The highest BCUT2D eigenvalue weighted by Crippen LogP contribution is 2.24. The number of nitrogens with zero attached hydrogens (tertiary/aromatic N) is 1. The molecule has 0 rings (SSSR count). The SMILES string of the molecule is CCCCCCCCCCCCCCCCCCCCCCCC[P+](=O)OCC[N+](C)(C)C. The standard InChI is InChI=1S/C29H62NO2P/c1-5-6-7-8-9-10-11-12-13-14-15-16-17-18-19-20-21-22-23-24-25-26-29-33(31)32-28-27-30(2,3)4/h5-29H2,1-4H3/q+2. The first-order valence-electron chi connectivity index (χ1n) is 14.8. The Morgan fingerprint density at radius 1 is 0.515 bits per heavy atom. The quantitative estimate of drug-likeness (QED) is 0.0654. The van der Waals surface area contributed by atoms with Crippen LogP contribution >= 0.6 is 8.03 Å². The highest BCUT2D eigenvalue weighted by Gasteiger charge is 2.18. The second-order valence-corrected chi connectivity index (χ2v) is 12.7. The number of likely N-dealkylation sites (N-methyl/N-ethyl adjacent to an activating group) is 1. The summed E-state index contributed by atoms with van der Waals surface area (Å²) in [5.41, 5.74) is 0. The van der Waals surface area contributed by atoms with Crippen LogP contribution in [0.3, 0.4) is 0 Å². The fourth-order valence-corrected chi connectivity index (χ4v) is 5.23. The minimum absolute atomic E-state index is 0.609. The number of rotatable bonds is 27. The van der Waals surface area contributed by atoms with Crippen LogP contribution in [0, 0.1) is 0 Å². The van der Waals surface area contributed by atoms with Gasteiger partial charge in [0.1, 0.15) is 6.54 Å². The van der Waals surface area contributed by atoms with Gasteiger partial charge < -0.3 is 4.48 Å². The van der Waals surface area contributed by atoms with Gasteiger partial charge in [0.15, 0.2) is 12.8 Å². The van der Waals surface area contributed by atoms with Crippen molar-refractivity contribution in [3.63, 3.8) is 0 Å². The van der Waals surface area contributed by atoms with Crippen LogP contribution in [0.2, 0.25) is 0 Å². The zero-order chi connectivity index (χ0) is 24.5. The van der Waals surface area contributed by atoms with Crippen LogP contribution in [-0.2, 0) is 9.09 Å². The number of quaternary nitrogens is 1. The summed E-state index contributed by atoms with van der Waals surface area (Å²) in [4.78, 5) is 0. The first-order chi connectivity index (χ1) is 16.0. The maximum Gasteiger partial charge on any atom is 0.508 e. The van der Waals surface area contributed by atoms with E-state index in [0.717, 1.165) is 23.6 Å². The van der Waals surface area contributed by atoms with Crippen molar-refractivity contribution in [1.29, 1.82) is 0 Å². The molecular formula is C29H62NO2P+2. The maximum atomic E-state index is 11.9. The van der Waals surface area contributed by atoms with E-state index in [1.165, 1.54) is 135 Å². The van der Waals surface area contributed by atoms with Crippen molar-refractivity contribution in [3.05, 3.63) is 0 Å². The minimum Gasteiger partial charge on any atom is -0.329 e. The first-order valence-corrected chi connectivity index (χ1v) is 16.2. The van der Waals surface area contributed by atoms with Crippen molar-refractivity contribution in [1.82, 2.24) is 0 Å². The Labute approximate surface area is 210 Å². The Hall–Kier alpha value is 0.0200. The third kappa shape index (κ3) is 30.0. The van der Waals surface area contributed by atoms with Crippen molar-refractivity contribution in [2.75, 3.05) is 40.5 Å². The van der Waals surface area contributed by atoms with Gasteiger partial charge in [-0.25, -0.2) is 0 Å². The summed E-state index contributed by atoms with van der Waals surface area (Å²) in [5, 5.41) is 0. The molecular weight excluding hydrogens is 425 g/mol. The number of unbranched alkanes of at least 4 members (excludes halogenated alkanes) is 21. The monoisotopic (exact) mass is 487 g/mol. The topological polar surface area (TPSA) is 26.3 Å². The summed E-state index contributed by atoms with van der Waals surface area (Å²) in [5.74, 6) is 0. The summed E-state index contributed by atoms with van der Waals surface area (Å²) in [6.07, 6.45) is 31.6. The molecule has 0 aliphatic rings. The molecule has 0 aliphatic carbocycles. The fraction of sp³-hybridized carbons (Fsp3) is 1.00.